The number of nitrogens with zero attached hydrogens (tertiary/aromatic N) is 3. The molecule has 1 aromatic carbocycles. The van der Waals surface area contributed by atoms with Crippen LogP contribution in [-0.2, 0) is 10.8 Å². The van der Waals surface area contributed by atoms with Crippen molar-refractivity contribution in [2.75, 3.05) is 0 Å². The van der Waals surface area contributed by atoms with Crippen LogP contribution < -0.4 is 4.57 Å². The monoisotopic (exact) mass is 619 g/mol. The Balaban J connectivity index is 0.00000108. The van der Waals surface area contributed by atoms with Crippen LogP contribution in [0.1, 0.15) is 91.4 Å². The molecule has 0 N–H and O–H groups in total. The van der Waals surface area contributed by atoms with Crippen molar-refractivity contribution in [2.24, 2.45) is 0 Å². The van der Waals surface area contributed by atoms with E-state index < -0.39 is 55.9 Å². The van der Waals surface area contributed by atoms with Crippen LogP contribution in [0.25, 0.3) is 5.69 Å². The van der Waals surface area contributed by atoms with Gasteiger partial charge in [-0.25, -0.2) is 17.7 Å². The SMILES string of the molecule is CCCCC(CCCC)(O[Si](C)(C)C(C)(C)C)[C@H]1CCc2nn(-c3c(F)c(F)c(F)c(F)c3F)c[n+]21.F[B-](F)(F)F. The first-order chi connectivity index (χ1) is 18.7. The van der Waals surface area contributed by atoms with Gasteiger partial charge in [0.25, 0.3) is 5.82 Å². The van der Waals surface area contributed by atoms with E-state index in [0.29, 0.717) is 12.2 Å². The summed E-state index contributed by atoms with van der Waals surface area (Å²) in [5, 5.41) is 4.24. The minimum absolute atomic E-state index is 0.0254. The fourth-order valence-corrected chi connectivity index (χ4v) is 6.55. The van der Waals surface area contributed by atoms with E-state index in [1.54, 1.807) is 0 Å². The zero-order valence-corrected chi connectivity index (χ0v) is 25.5. The van der Waals surface area contributed by atoms with E-state index in [2.05, 4.69) is 52.8 Å². The summed E-state index contributed by atoms with van der Waals surface area (Å²) in [4.78, 5) is 0. The van der Waals surface area contributed by atoms with E-state index in [4.69, 9.17) is 4.43 Å². The molecule has 1 aliphatic heterocycles. The molecule has 2 heterocycles. The maximum atomic E-state index is 14.6. The summed E-state index contributed by atoms with van der Waals surface area (Å²) in [5.74, 6) is -9.40. The average Bonchev–Trinajstić information content (AvgIpc) is 3.43. The number of benzene rings is 1. The predicted octanol–water partition coefficient (Wildman–Crippen LogP) is 8.78. The largest absolute Gasteiger partial charge is 0.673 e. The van der Waals surface area contributed by atoms with E-state index in [9.17, 15) is 39.2 Å². The second-order valence-corrected chi connectivity index (χ2v) is 16.7. The van der Waals surface area contributed by atoms with Crippen LogP contribution in [0, 0.1) is 29.1 Å². The zero-order chi connectivity index (χ0) is 31.6. The highest BCUT2D eigenvalue weighted by atomic mass is 28.4. The zero-order valence-electron chi connectivity index (χ0n) is 24.5. The topological polar surface area (TPSA) is 30.9 Å². The molecular formula is C26H39BF9N3OSi. The van der Waals surface area contributed by atoms with Gasteiger partial charge in [0.1, 0.15) is 6.04 Å². The number of halogens is 9. The minimum atomic E-state index is -6.00. The summed E-state index contributed by atoms with van der Waals surface area (Å²) in [6.45, 7) is 15.3. The summed E-state index contributed by atoms with van der Waals surface area (Å²) in [7, 11) is -8.23. The highest BCUT2D eigenvalue weighted by molar-refractivity contribution is 6.74. The Morgan fingerprint density at radius 2 is 1.34 bits per heavy atom. The van der Waals surface area contributed by atoms with Gasteiger partial charge in [-0.15, -0.1) is 0 Å². The van der Waals surface area contributed by atoms with Crippen molar-refractivity contribution in [1.29, 1.82) is 0 Å². The molecule has 0 unspecified atom stereocenters. The fourth-order valence-electron chi connectivity index (χ4n) is 4.89. The quantitative estimate of drug-likeness (QED) is 0.0876. The molecule has 0 aliphatic carbocycles. The normalized spacial score (nSPS) is 16.0. The smallest absolute Gasteiger partial charge is 0.418 e. The number of aromatic nitrogens is 3. The lowest BCUT2D eigenvalue weighted by Gasteiger charge is -2.48. The lowest BCUT2D eigenvalue weighted by Crippen LogP contribution is -2.58. The molecule has 41 heavy (non-hydrogen) atoms. The van der Waals surface area contributed by atoms with E-state index >= 15 is 0 Å². The minimum Gasteiger partial charge on any atom is -0.418 e. The van der Waals surface area contributed by atoms with Gasteiger partial charge in [-0.1, -0.05) is 65.0 Å². The molecule has 1 aromatic heterocycles. The van der Waals surface area contributed by atoms with E-state index in [1.165, 1.54) is 6.33 Å². The van der Waals surface area contributed by atoms with Gasteiger partial charge in [0.15, 0.2) is 8.32 Å². The second-order valence-electron chi connectivity index (χ2n) is 12.0. The van der Waals surface area contributed by atoms with Crippen molar-refractivity contribution in [3.05, 3.63) is 41.2 Å². The van der Waals surface area contributed by atoms with Gasteiger partial charge in [0, 0.05) is 11.5 Å². The Bertz CT molecular complexity index is 1160. The molecule has 2 aromatic rings. The second kappa shape index (κ2) is 13.1. The summed E-state index contributed by atoms with van der Waals surface area (Å²) >= 11 is 0. The Morgan fingerprint density at radius 1 is 0.902 bits per heavy atom. The van der Waals surface area contributed by atoms with Crippen molar-refractivity contribution in [3.8, 4) is 5.69 Å². The maximum Gasteiger partial charge on any atom is 0.673 e. The average molecular weight is 619 g/mol. The van der Waals surface area contributed by atoms with Crippen molar-refractivity contribution >= 4 is 15.6 Å². The van der Waals surface area contributed by atoms with Crippen LogP contribution in [0.2, 0.25) is 18.1 Å². The number of aryl methyl sites for hydroxylation is 1. The predicted molar refractivity (Wildman–Crippen MR) is 141 cm³/mol. The molecule has 3 rings (SSSR count). The van der Waals surface area contributed by atoms with Crippen LogP contribution in [0.4, 0.5) is 39.2 Å². The van der Waals surface area contributed by atoms with Gasteiger partial charge in [-0.3, -0.25) is 0 Å². The van der Waals surface area contributed by atoms with E-state index in [0.717, 1.165) is 49.6 Å². The molecule has 0 fully saturated rings. The summed E-state index contributed by atoms with van der Waals surface area (Å²) < 4.78 is 119. The molecule has 0 saturated carbocycles. The van der Waals surface area contributed by atoms with Crippen LogP contribution in [-0.4, -0.2) is 31.0 Å². The lowest BCUT2D eigenvalue weighted by molar-refractivity contribution is -0.731. The van der Waals surface area contributed by atoms with Gasteiger partial charge in [-0.05, 0) is 37.4 Å². The van der Waals surface area contributed by atoms with Crippen LogP contribution in [0.3, 0.4) is 0 Å². The van der Waals surface area contributed by atoms with Crippen molar-refractivity contribution in [2.45, 2.75) is 116 Å². The number of fused-ring (bicyclic) bond motifs is 1. The third kappa shape index (κ3) is 8.08. The summed E-state index contributed by atoms with van der Waals surface area (Å²) in [5.41, 5.74) is -1.58. The van der Waals surface area contributed by atoms with Gasteiger partial charge >= 0.3 is 7.25 Å². The van der Waals surface area contributed by atoms with Crippen LogP contribution >= 0.6 is 0 Å². The molecule has 15 heteroatoms. The Kier molecular flexibility index (Phi) is 11.2. The molecule has 0 radical (unpaired) electrons. The van der Waals surface area contributed by atoms with Crippen molar-refractivity contribution in [3.63, 3.8) is 0 Å². The summed E-state index contributed by atoms with van der Waals surface area (Å²) in [6, 6.07) is -0.158. The van der Waals surface area contributed by atoms with Gasteiger partial charge in [0.05, 0.1) is 5.60 Å². The Morgan fingerprint density at radius 3 is 1.76 bits per heavy atom. The summed E-state index contributed by atoms with van der Waals surface area (Å²) in [6.07, 6.45) is 8.16. The molecule has 234 valence electrons. The number of rotatable bonds is 10. The molecule has 0 spiro atoms. The van der Waals surface area contributed by atoms with Gasteiger partial charge in [-0.2, -0.15) is 8.78 Å². The van der Waals surface area contributed by atoms with Crippen LogP contribution in [0.15, 0.2) is 6.33 Å². The first-order valence-electron chi connectivity index (χ1n) is 13.8. The fraction of sp³-hybridized carbons (Fsp3) is 0.692. The van der Waals surface area contributed by atoms with E-state index in [1.807, 2.05) is 4.57 Å². The highest BCUT2D eigenvalue weighted by Gasteiger charge is 2.52. The molecule has 0 saturated heterocycles. The van der Waals surface area contributed by atoms with Crippen molar-refractivity contribution in [1.82, 2.24) is 9.78 Å². The first-order valence-corrected chi connectivity index (χ1v) is 16.7. The van der Waals surface area contributed by atoms with Crippen molar-refractivity contribution < 1.29 is 48.2 Å². The number of hydrogen-bond donors (Lipinski definition) is 0. The Labute approximate surface area is 236 Å². The van der Waals surface area contributed by atoms with Gasteiger partial charge < -0.3 is 21.7 Å². The third-order valence-electron chi connectivity index (χ3n) is 7.93. The standard InChI is InChI=1S/C26H39F5N3OSi.BF4/c1-8-10-14-26(15-11-9-2,35-36(6,7)25(3,4)5)17-12-13-18-32-34(16-33(17)18)24-22(30)20(28)19(27)21(29)23(24)31;2-1(3,4)5/h16-17H,8-15H2,1-7H3;/q+1;-1/t17-;/m1./s1. The maximum absolute atomic E-state index is 14.6. The molecular weight excluding hydrogens is 580 g/mol. The number of hydrogen-bond acceptors (Lipinski definition) is 2. The molecule has 0 bridgehead atoms. The van der Waals surface area contributed by atoms with E-state index in [-0.39, 0.29) is 11.1 Å². The molecule has 0 amide bonds. The molecule has 4 nitrogen and oxygen atoms in total. The van der Waals surface area contributed by atoms with Crippen LogP contribution in [0.5, 0.6) is 0 Å². The first kappa shape index (κ1) is 35.2. The third-order valence-corrected chi connectivity index (χ3v) is 12.5. The highest BCUT2D eigenvalue weighted by Crippen LogP contribution is 2.46. The lowest BCUT2D eigenvalue weighted by atomic mass is 9.83. The van der Waals surface area contributed by atoms with Gasteiger partial charge in [0.2, 0.25) is 41.1 Å². The molecule has 1 atom stereocenters. The molecule has 1 aliphatic rings. The number of unbranched alkanes of at least 4 members (excludes halogenated alkanes) is 2. The Hall–Kier alpha value is -2.03.